The highest BCUT2D eigenvalue weighted by Gasteiger charge is 2.28. The number of thioether (sulfide) groups is 1. The van der Waals surface area contributed by atoms with Crippen LogP contribution >= 0.6 is 11.8 Å². The molecule has 1 N–H and O–H groups in total. The molecule has 0 radical (unpaired) electrons. The molecule has 102 valence electrons. The number of morpholine rings is 1. The van der Waals surface area contributed by atoms with Crippen molar-refractivity contribution < 1.29 is 19.4 Å². The molecule has 0 bridgehead atoms. The SMILES string of the molecule is O=C(O)C1CN(C(=O)CSc2ccccc2)CCO1. The Labute approximate surface area is 115 Å². The summed E-state index contributed by atoms with van der Waals surface area (Å²) in [6.07, 6.45) is -0.903. The predicted octanol–water partition coefficient (Wildman–Crippen LogP) is 1.09. The molecule has 0 spiro atoms. The fourth-order valence-electron chi connectivity index (χ4n) is 1.78. The van der Waals surface area contributed by atoms with Gasteiger partial charge in [0.05, 0.1) is 18.9 Å². The minimum Gasteiger partial charge on any atom is -0.479 e. The Balaban J connectivity index is 1.84. The van der Waals surface area contributed by atoms with Gasteiger partial charge in [0.1, 0.15) is 0 Å². The van der Waals surface area contributed by atoms with Crippen LogP contribution in [0.15, 0.2) is 35.2 Å². The number of hydrogen-bond donors (Lipinski definition) is 1. The summed E-state index contributed by atoms with van der Waals surface area (Å²) in [7, 11) is 0. The molecule has 5 nitrogen and oxygen atoms in total. The van der Waals surface area contributed by atoms with Crippen LogP contribution in [0.4, 0.5) is 0 Å². The number of carbonyl (C=O) groups excluding carboxylic acids is 1. The van der Waals surface area contributed by atoms with E-state index in [1.165, 1.54) is 11.8 Å². The number of carboxylic acid groups (broad SMARTS) is 1. The molecule has 1 aromatic carbocycles. The van der Waals surface area contributed by atoms with Crippen molar-refractivity contribution in [3.63, 3.8) is 0 Å². The van der Waals surface area contributed by atoms with E-state index in [2.05, 4.69) is 0 Å². The van der Waals surface area contributed by atoms with E-state index in [0.717, 1.165) is 4.90 Å². The van der Waals surface area contributed by atoms with Crippen molar-refractivity contribution in [1.29, 1.82) is 0 Å². The zero-order chi connectivity index (χ0) is 13.7. The Hall–Kier alpha value is -1.53. The monoisotopic (exact) mass is 281 g/mol. The van der Waals surface area contributed by atoms with Gasteiger partial charge in [0.15, 0.2) is 6.10 Å². The van der Waals surface area contributed by atoms with Crippen molar-refractivity contribution in [2.24, 2.45) is 0 Å². The second kappa shape index (κ2) is 6.58. The second-order valence-electron chi connectivity index (χ2n) is 4.14. The normalized spacial score (nSPS) is 19.2. The molecule has 1 amide bonds. The molecule has 6 heteroatoms. The Kier molecular flexibility index (Phi) is 4.81. The quantitative estimate of drug-likeness (QED) is 0.837. The van der Waals surface area contributed by atoms with Gasteiger partial charge in [-0.15, -0.1) is 11.8 Å². The molecule has 0 aliphatic carbocycles. The van der Waals surface area contributed by atoms with Gasteiger partial charge in [0, 0.05) is 11.4 Å². The molecule has 1 aliphatic rings. The molecule has 2 rings (SSSR count). The second-order valence-corrected chi connectivity index (χ2v) is 5.19. The molecule has 1 atom stereocenters. The molecule has 1 heterocycles. The Morgan fingerprint density at radius 1 is 1.37 bits per heavy atom. The van der Waals surface area contributed by atoms with Crippen LogP contribution < -0.4 is 0 Å². The molecule has 0 aromatic heterocycles. The number of ether oxygens (including phenoxy) is 1. The molecule has 1 saturated heterocycles. The predicted molar refractivity (Wildman–Crippen MR) is 71.1 cm³/mol. The number of amides is 1. The Morgan fingerprint density at radius 2 is 2.11 bits per heavy atom. The summed E-state index contributed by atoms with van der Waals surface area (Å²) >= 11 is 1.45. The van der Waals surface area contributed by atoms with E-state index in [9.17, 15) is 9.59 Å². The number of aliphatic carboxylic acids is 1. The average Bonchev–Trinajstić information content (AvgIpc) is 2.46. The van der Waals surface area contributed by atoms with E-state index in [0.29, 0.717) is 12.3 Å². The topological polar surface area (TPSA) is 66.8 Å². The summed E-state index contributed by atoms with van der Waals surface area (Å²) in [5.74, 6) is -0.757. The maximum atomic E-state index is 12.0. The van der Waals surface area contributed by atoms with Gasteiger partial charge in [-0.25, -0.2) is 4.79 Å². The van der Waals surface area contributed by atoms with Crippen molar-refractivity contribution in [3.05, 3.63) is 30.3 Å². The summed E-state index contributed by atoms with van der Waals surface area (Å²) in [6, 6.07) is 9.64. The zero-order valence-electron chi connectivity index (χ0n) is 10.3. The van der Waals surface area contributed by atoms with Gasteiger partial charge < -0.3 is 14.7 Å². The summed E-state index contributed by atoms with van der Waals surface area (Å²) in [6.45, 7) is 0.861. The minimum atomic E-state index is -1.02. The van der Waals surface area contributed by atoms with Crippen LogP contribution in [-0.2, 0) is 14.3 Å². The van der Waals surface area contributed by atoms with Crippen LogP contribution in [0.5, 0.6) is 0 Å². The molecule has 19 heavy (non-hydrogen) atoms. The first-order valence-electron chi connectivity index (χ1n) is 5.97. The molecule has 1 aliphatic heterocycles. The number of rotatable bonds is 4. The molecule has 1 fully saturated rings. The Bertz CT molecular complexity index is 451. The molecule has 0 saturated carbocycles. The van der Waals surface area contributed by atoms with Gasteiger partial charge in [-0.1, -0.05) is 18.2 Å². The van der Waals surface area contributed by atoms with Crippen molar-refractivity contribution >= 4 is 23.6 Å². The van der Waals surface area contributed by atoms with Crippen molar-refractivity contribution in [2.75, 3.05) is 25.4 Å². The first-order chi connectivity index (χ1) is 9.16. The molecule has 1 unspecified atom stereocenters. The largest absolute Gasteiger partial charge is 0.479 e. The smallest absolute Gasteiger partial charge is 0.334 e. The van der Waals surface area contributed by atoms with Crippen LogP contribution in [-0.4, -0.2) is 53.4 Å². The van der Waals surface area contributed by atoms with Crippen LogP contribution in [0.3, 0.4) is 0 Å². The maximum Gasteiger partial charge on any atom is 0.334 e. The van der Waals surface area contributed by atoms with E-state index in [4.69, 9.17) is 9.84 Å². The van der Waals surface area contributed by atoms with Crippen molar-refractivity contribution in [3.8, 4) is 0 Å². The maximum absolute atomic E-state index is 12.0. The summed E-state index contributed by atoms with van der Waals surface area (Å²) in [4.78, 5) is 25.4. The fraction of sp³-hybridized carbons (Fsp3) is 0.385. The highest BCUT2D eigenvalue weighted by molar-refractivity contribution is 8.00. The number of hydrogen-bond acceptors (Lipinski definition) is 4. The Morgan fingerprint density at radius 3 is 2.79 bits per heavy atom. The molecule has 1 aromatic rings. The van der Waals surface area contributed by atoms with Gasteiger partial charge in [-0.2, -0.15) is 0 Å². The molecular weight excluding hydrogens is 266 g/mol. The summed E-state index contributed by atoms with van der Waals surface area (Å²) < 4.78 is 5.08. The third-order valence-electron chi connectivity index (χ3n) is 2.80. The minimum absolute atomic E-state index is 0.0524. The van der Waals surface area contributed by atoms with Crippen LogP contribution in [0.1, 0.15) is 0 Å². The summed E-state index contributed by atoms with van der Waals surface area (Å²) in [5.41, 5.74) is 0. The van der Waals surface area contributed by atoms with Gasteiger partial charge in [-0.05, 0) is 12.1 Å². The van der Waals surface area contributed by atoms with E-state index in [-0.39, 0.29) is 19.1 Å². The first-order valence-corrected chi connectivity index (χ1v) is 6.95. The van der Waals surface area contributed by atoms with Gasteiger partial charge in [0.25, 0.3) is 0 Å². The van der Waals surface area contributed by atoms with E-state index < -0.39 is 12.1 Å². The lowest BCUT2D eigenvalue weighted by Crippen LogP contribution is -2.49. The lowest BCUT2D eigenvalue weighted by atomic mass is 10.3. The van der Waals surface area contributed by atoms with Crippen molar-refractivity contribution in [1.82, 2.24) is 4.90 Å². The standard InChI is InChI=1S/C13H15NO4S/c15-12(9-19-10-4-2-1-3-5-10)14-6-7-18-11(8-14)13(16)17/h1-5,11H,6-9H2,(H,16,17). The van der Waals surface area contributed by atoms with Gasteiger partial charge in [-0.3, -0.25) is 4.79 Å². The number of carboxylic acids is 1. The van der Waals surface area contributed by atoms with Gasteiger partial charge >= 0.3 is 5.97 Å². The van der Waals surface area contributed by atoms with E-state index >= 15 is 0 Å². The lowest BCUT2D eigenvalue weighted by molar-refractivity contribution is -0.158. The van der Waals surface area contributed by atoms with Gasteiger partial charge in [0.2, 0.25) is 5.91 Å². The third-order valence-corrected chi connectivity index (χ3v) is 3.80. The fourth-order valence-corrected chi connectivity index (χ4v) is 2.60. The highest BCUT2D eigenvalue weighted by Crippen LogP contribution is 2.18. The lowest BCUT2D eigenvalue weighted by Gasteiger charge is -2.30. The van der Waals surface area contributed by atoms with Crippen LogP contribution in [0.25, 0.3) is 0 Å². The molecular formula is C13H15NO4S. The highest BCUT2D eigenvalue weighted by atomic mass is 32.2. The average molecular weight is 281 g/mol. The summed E-state index contributed by atoms with van der Waals surface area (Å²) in [5, 5.41) is 8.88. The first kappa shape index (κ1) is 13.9. The van der Waals surface area contributed by atoms with Crippen LogP contribution in [0.2, 0.25) is 0 Å². The number of carbonyl (C=O) groups is 2. The van der Waals surface area contributed by atoms with E-state index in [1.54, 1.807) is 4.90 Å². The van der Waals surface area contributed by atoms with E-state index in [1.807, 2.05) is 30.3 Å². The van der Waals surface area contributed by atoms with Crippen LogP contribution in [0, 0.1) is 0 Å². The number of benzene rings is 1. The zero-order valence-corrected chi connectivity index (χ0v) is 11.1. The van der Waals surface area contributed by atoms with Crippen molar-refractivity contribution in [2.45, 2.75) is 11.0 Å². The number of nitrogens with zero attached hydrogens (tertiary/aromatic N) is 1. The third kappa shape index (κ3) is 3.97.